The highest BCUT2D eigenvalue weighted by molar-refractivity contribution is 7.89. The smallest absolute Gasteiger partial charge is 0.340 e. The van der Waals surface area contributed by atoms with Gasteiger partial charge in [0.15, 0.2) is 0 Å². The zero-order valence-electron chi connectivity index (χ0n) is 13.6. The lowest BCUT2D eigenvalue weighted by Gasteiger charge is -2.35. The molecule has 0 radical (unpaired) electrons. The zero-order valence-corrected chi connectivity index (χ0v) is 15.2. The van der Waals surface area contributed by atoms with Crippen molar-refractivity contribution in [2.24, 2.45) is 5.92 Å². The number of piperazine rings is 1. The molecule has 2 heterocycles. The van der Waals surface area contributed by atoms with Crippen molar-refractivity contribution >= 4 is 38.7 Å². The molecule has 0 saturated carbocycles. The third-order valence-electron chi connectivity index (χ3n) is 4.28. The summed E-state index contributed by atoms with van der Waals surface area (Å²) in [6.45, 7) is 0.466. The van der Waals surface area contributed by atoms with E-state index in [0.29, 0.717) is 5.52 Å². The first-order valence-electron chi connectivity index (χ1n) is 7.69. The minimum Gasteiger partial charge on any atom is -0.340 e. The fourth-order valence-electron chi connectivity index (χ4n) is 2.69. The van der Waals surface area contributed by atoms with Crippen LogP contribution in [0.3, 0.4) is 0 Å². The summed E-state index contributed by atoms with van der Waals surface area (Å²) in [6.07, 6.45) is -4.62. The average Bonchev–Trinajstić information content (AvgIpc) is 3.08. The van der Waals surface area contributed by atoms with Crippen molar-refractivity contribution in [3.05, 3.63) is 18.2 Å². The minimum atomic E-state index is -4.62. The highest BCUT2D eigenvalue weighted by Gasteiger charge is 2.44. The van der Waals surface area contributed by atoms with Crippen LogP contribution in [0.25, 0.3) is 11.0 Å². The van der Waals surface area contributed by atoms with Gasteiger partial charge in [0.05, 0.1) is 11.7 Å². The fourth-order valence-corrected chi connectivity index (χ4v) is 4.87. The second-order valence-electron chi connectivity index (χ2n) is 5.88. The van der Waals surface area contributed by atoms with E-state index in [1.54, 1.807) is 12.1 Å². The number of amides is 1. The molecule has 12 heteroatoms. The van der Waals surface area contributed by atoms with Crippen molar-refractivity contribution in [1.29, 1.82) is 0 Å². The summed E-state index contributed by atoms with van der Waals surface area (Å²) in [6, 6.07) is 4.62. The third kappa shape index (κ3) is 3.40. The Hall–Kier alpha value is -1.79. The molecule has 1 aromatic carbocycles. The van der Waals surface area contributed by atoms with Crippen LogP contribution < -0.4 is 0 Å². The maximum atomic E-state index is 12.8. The lowest BCUT2D eigenvalue weighted by atomic mass is 10.1. The molecule has 7 nitrogen and oxygen atoms in total. The molecule has 1 saturated heterocycles. The molecule has 1 amide bonds. The van der Waals surface area contributed by atoms with Crippen LogP contribution in [0.1, 0.15) is 6.92 Å². The van der Waals surface area contributed by atoms with Crippen molar-refractivity contribution in [2.75, 3.05) is 26.2 Å². The van der Waals surface area contributed by atoms with Crippen molar-refractivity contribution in [3.63, 3.8) is 0 Å². The number of carbonyl (C=O) groups is 1. The molecule has 1 fully saturated rings. The Bertz CT molecular complexity index is 921. The highest BCUT2D eigenvalue weighted by atomic mass is 32.2. The Balaban J connectivity index is 1.75. The molecule has 0 unspecified atom stereocenters. The monoisotopic (exact) mass is 408 g/mol. The van der Waals surface area contributed by atoms with Gasteiger partial charge in [-0.15, -0.1) is 0 Å². The van der Waals surface area contributed by atoms with Crippen LogP contribution in [0, 0.1) is 5.92 Å². The van der Waals surface area contributed by atoms with Gasteiger partial charge in [-0.3, -0.25) is 4.79 Å². The summed E-state index contributed by atoms with van der Waals surface area (Å²) < 4.78 is 72.9. The number of rotatable bonds is 3. The lowest BCUT2D eigenvalue weighted by Crippen LogP contribution is -2.53. The summed E-state index contributed by atoms with van der Waals surface area (Å²) in [7, 11) is -3.88. The molecule has 1 aliphatic rings. The number of alkyl halides is 3. The van der Waals surface area contributed by atoms with E-state index >= 15 is 0 Å². The number of sulfonamides is 1. The van der Waals surface area contributed by atoms with Crippen LogP contribution in [-0.4, -0.2) is 64.6 Å². The molecule has 1 atom stereocenters. The van der Waals surface area contributed by atoms with Crippen molar-refractivity contribution < 1.29 is 26.4 Å². The van der Waals surface area contributed by atoms with Gasteiger partial charge in [0, 0.05) is 26.2 Å². The van der Waals surface area contributed by atoms with Crippen LogP contribution >= 0.6 is 11.7 Å². The van der Waals surface area contributed by atoms with Crippen LogP contribution in [-0.2, 0) is 14.8 Å². The number of hydrogen-bond acceptors (Lipinski definition) is 6. The quantitative estimate of drug-likeness (QED) is 0.772. The van der Waals surface area contributed by atoms with E-state index in [1.807, 2.05) is 0 Å². The van der Waals surface area contributed by atoms with Crippen LogP contribution in [0.5, 0.6) is 0 Å². The first kappa shape index (κ1) is 19.0. The normalized spacial score (nSPS) is 18.2. The predicted octanol–water partition coefficient (Wildman–Crippen LogP) is 1.72. The van der Waals surface area contributed by atoms with E-state index in [0.717, 1.165) is 27.9 Å². The van der Waals surface area contributed by atoms with Gasteiger partial charge in [-0.1, -0.05) is 6.07 Å². The summed E-state index contributed by atoms with van der Waals surface area (Å²) in [5, 5.41) is 0. The molecule has 1 aliphatic heterocycles. The predicted molar refractivity (Wildman–Crippen MR) is 88.0 cm³/mol. The lowest BCUT2D eigenvalue weighted by molar-refractivity contribution is -0.186. The van der Waals surface area contributed by atoms with Crippen molar-refractivity contribution in [1.82, 2.24) is 18.0 Å². The molecule has 2 aromatic rings. The summed E-state index contributed by atoms with van der Waals surface area (Å²) in [4.78, 5) is 13.0. The molecule has 142 valence electrons. The molecule has 1 aromatic heterocycles. The number of nitrogens with zero attached hydrogens (tertiary/aromatic N) is 4. The average molecular weight is 408 g/mol. The van der Waals surface area contributed by atoms with Gasteiger partial charge < -0.3 is 4.90 Å². The SMILES string of the molecule is C[C@H](C(=O)N1CCN(S(=O)(=O)c2cccc3nsnc23)CC1)C(F)(F)F. The fraction of sp³-hybridized carbons (Fsp3) is 0.500. The molecule has 3 rings (SSSR count). The van der Waals surface area contributed by atoms with Gasteiger partial charge >= 0.3 is 6.18 Å². The van der Waals surface area contributed by atoms with Gasteiger partial charge in [-0.05, 0) is 19.1 Å². The molecule has 0 aliphatic carbocycles. The number of carbonyl (C=O) groups excluding carboxylic acids is 1. The van der Waals surface area contributed by atoms with E-state index in [4.69, 9.17) is 0 Å². The second kappa shape index (κ2) is 6.74. The molecular formula is C14H15F3N4O3S2. The van der Waals surface area contributed by atoms with E-state index in [-0.39, 0.29) is 36.6 Å². The minimum absolute atomic E-state index is 0.00665. The molecule has 0 spiro atoms. The van der Waals surface area contributed by atoms with Crippen LogP contribution in [0.4, 0.5) is 13.2 Å². The third-order valence-corrected chi connectivity index (χ3v) is 6.75. The van der Waals surface area contributed by atoms with E-state index in [1.165, 1.54) is 6.07 Å². The Morgan fingerprint density at radius 1 is 1.19 bits per heavy atom. The summed E-state index contributed by atoms with van der Waals surface area (Å²) >= 11 is 0.897. The Kier molecular flexibility index (Phi) is 4.92. The van der Waals surface area contributed by atoms with Gasteiger partial charge in [0.2, 0.25) is 15.9 Å². The topological polar surface area (TPSA) is 83.5 Å². The molecule has 26 heavy (non-hydrogen) atoms. The maximum Gasteiger partial charge on any atom is 0.400 e. The first-order valence-corrected chi connectivity index (χ1v) is 9.86. The Morgan fingerprint density at radius 3 is 2.46 bits per heavy atom. The number of fused-ring (bicyclic) bond motifs is 1. The summed E-state index contributed by atoms with van der Waals surface area (Å²) in [5.41, 5.74) is 0.727. The molecule has 0 bridgehead atoms. The number of hydrogen-bond donors (Lipinski definition) is 0. The van der Waals surface area contributed by atoms with Gasteiger partial charge in [0.25, 0.3) is 0 Å². The second-order valence-corrected chi connectivity index (χ2v) is 8.32. The van der Waals surface area contributed by atoms with Gasteiger partial charge in [-0.25, -0.2) is 8.42 Å². The Labute approximate surface area is 151 Å². The van der Waals surface area contributed by atoms with Crippen molar-refractivity contribution in [2.45, 2.75) is 18.0 Å². The van der Waals surface area contributed by atoms with Crippen molar-refractivity contribution in [3.8, 4) is 0 Å². The Morgan fingerprint density at radius 2 is 1.85 bits per heavy atom. The number of halogens is 3. The number of benzene rings is 1. The van der Waals surface area contributed by atoms with E-state index in [2.05, 4.69) is 8.75 Å². The van der Waals surface area contributed by atoms with E-state index < -0.39 is 28.0 Å². The van der Waals surface area contributed by atoms with Gasteiger partial charge in [-0.2, -0.15) is 26.2 Å². The van der Waals surface area contributed by atoms with Gasteiger partial charge in [0.1, 0.15) is 21.8 Å². The summed E-state index contributed by atoms with van der Waals surface area (Å²) in [5.74, 6) is -3.15. The molecule has 0 N–H and O–H groups in total. The van der Waals surface area contributed by atoms with Crippen LogP contribution in [0.15, 0.2) is 23.1 Å². The highest BCUT2D eigenvalue weighted by Crippen LogP contribution is 2.29. The standard InChI is InChI=1S/C14H15F3N4O3S2/c1-9(14(15,16)17)13(22)20-5-7-21(8-6-20)26(23,24)11-4-2-3-10-12(11)19-25-18-10/h2-4,9H,5-8H2,1H3/t9-/m1/s1. The number of aromatic nitrogens is 2. The van der Waals surface area contributed by atoms with E-state index in [9.17, 15) is 26.4 Å². The largest absolute Gasteiger partial charge is 0.400 e. The molecular weight excluding hydrogens is 393 g/mol. The first-order chi connectivity index (χ1) is 12.1. The van der Waals surface area contributed by atoms with Crippen LogP contribution in [0.2, 0.25) is 0 Å². The maximum absolute atomic E-state index is 12.8. The zero-order chi connectivity index (χ0) is 19.1.